The van der Waals surface area contributed by atoms with Crippen LogP contribution in [-0.4, -0.2) is 66.3 Å². The van der Waals surface area contributed by atoms with E-state index < -0.39 is 5.91 Å². The molecule has 242 valence electrons. The molecule has 1 aromatic heterocycles. The zero-order valence-corrected chi connectivity index (χ0v) is 26.8. The average molecular weight is 625 g/mol. The molecule has 1 aliphatic rings. The molecule has 1 saturated heterocycles. The maximum absolute atomic E-state index is 13.5. The molecule has 0 aliphatic carbocycles. The Morgan fingerprint density at radius 3 is 2.54 bits per heavy atom. The lowest BCUT2D eigenvalue weighted by atomic mass is 9.97. The van der Waals surface area contributed by atoms with Crippen molar-refractivity contribution < 1.29 is 24.2 Å². The quantitative estimate of drug-likeness (QED) is 0.143. The Kier molecular flexibility index (Phi) is 11.2. The lowest BCUT2D eigenvalue weighted by Gasteiger charge is -2.32. The van der Waals surface area contributed by atoms with Gasteiger partial charge in [-0.15, -0.1) is 0 Å². The number of benzene rings is 3. The minimum atomic E-state index is -0.570. The van der Waals surface area contributed by atoms with Crippen molar-refractivity contribution in [2.24, 2.45) is 5.73 Å². The van der Waals surface area contributed by atoms with Gasteiger partial charge in [-0.25, -0.2) is 0 Å². The Labute approximate surface area is 270 Å². The molecule has 2 amide bonds. The zero-order valence-electron chi connectivity index (χ0n) is 26.8. The summed E-state index contributed by atoms with van der Waals surface area (Å²) < 4.78 is 11.4. The highest BCUT2D eigenvalue weighted by atomic mass is 16.5. The molecule has 0 radical (unpaired) electrons. The summed E-state index contributed by atoms with van der Waals surface area (Å²) in [5.74, 6) is 0.159. The zero-order chi connectivity index (χ0) is 32.5. The van der Waals surface area contributed by atoms with Crippen molar-refractivity contribution in [3.05, 3.63) is 94.7 Å². The summed E-state index contributed by atoms with van der Waals surface area (Å²) in [4.78, 5) is 32.4. The molecular weight excluding hydrogens is 580 g/mol. The third-order valence-electron chi connectivity index (χ3n) is 8.54. The summed E-state index contributed by atoms with van der Waals surface area (Å²) in [6, 6.07) is 19.4. The topological polar surface area (TPSA) is 127 Å². The molecular formula is C37H44N4O5. The van der Waals surface area contributed by atoms with Crippen LogP contribution < -0.4 is 15.8 Å². The number of hydrogen-bond donors (Lipinski definition) is 3. The summed E-state index contributed by atoms with van der Waals surface area (Å²) in [5.41, 5.74) is 11.9. The van der Waals surface area contributed by atoms with Crippen molar-refractivity contribution in [2.75, 3.05) is 38.7 Å². The van der Waals surface area contributed by atoms with Crippen LogP contribution in [0.1, 0.15) is 75.9 Å². The van der Waals surface area contributed by atoms with E-state index in [-0.39, 0.29) is 18.6 Å². The molecule has 0 saturated carbocycles. The molecule has 0 atom stereocenters. The van der Waals surface area contributed by atoms with Gasteiger partial charge in [0.25, 0.3) is 11.8 Å². The standard InChI is InChI=1S/C37H44N4O5/c1-25-19-27(22-32-34(25)39-24-33(36(38)43)35(32)40-29-11-8-12-31(23-29)45-2)20-26-9-7-10-28(21-26)37(44)41-15-13-30(14-16-41)46-18-6-4-3-5-17-42/h7-12,19,21-24,30,42H,3-6,13-18,20H2,1-2H3,(H2,38,43)(H,39,40). The van der Waals surface area contributed by atoms with Crippen LogP contribution in [0.5, 0.6) is 5.75 Å². The number of rotatable bonds is 14. The van der Waals surface area contributed by atoms with Crippen molar-refractivity contribution in [2.45, 2.75) is 58.0 Å². The summed E-state index contributed by atoms with van der Waals surface area (Å²) in [6.45, 7) is 4.35. The number of aliphatic hydroxyl groups is 1. The van der Waals surface area contributed by atoms with Gasteiger partial charge in [0.2, 0.25) is 0 Å². The van der Waals surface area contributed by atoms with Gasteiger partial charge in [0.05, 0.1) is 30.0 Å². The normalized spacial score (nSPS) is 13.6. The van der Waals surface area contributed by atoms with Gasteiger partial charge in [-0.3, -0.25) is 14.6 Å². The second-order valence-electron chi connectivity index (χ2n) is 12.0. The van der Waals surface area contributed by atoms with Crippen molar-refractivity contribution in [3.63, 3.8) is 0 Å². The Hall–Kier alpha value is -4.47. The molecule has 46 heavy (non-hydrogen) atoms. The van der Waals surface area contributed by atoms with Crippen molar-refractivity contribution in [1.29, 1.82) is 0 Å². The number of amides is 2. The number of ether oxygens (including phenoxy) is 2. The third-order valence-corrected chi connectivity index (χ3v) is 8.54. The van der Waals surface area contributed by atoms with Gasteiger partial charge in [0.15, 0.2) is 0 Å². The SMILES string of the molecule is COc1cccc(Nc2c(C(N)=O)cnc3c(C)cc(Cc4cccc(C(=O)N5CCC(OCCCCCCO)CC5)c4)cc23)c1. The summed E-state index contributed by atoms with van der Waals surface area (Å²) in [6.07, 6.45) is 7.95. The highest BCUT2D eigenvalue weighted by Gasteiger charge is 2.24. The van der Waals surface area contributed by atoms with E-state index in [0.717, 1.165) is 78.4 Å². The first-order valence-electron chi connectivity index (χ1n) is 16.1. The van der Waals surface area contributed by atoms with Crippen LogP contribution in [0.2, 0.25) is 0 Å². The number of nitrogens with two attached hydrogens (primary N) is 1. The minimum Gasteiger partial charge on any atom is -0.497 e. The van der Waals surface area contributed by atoms with E-state index in [1.807, 2.05) is 66.4 Å². The monoisotopic (exact) mass is 624 g/mol. The van der Waals surface area contributed by atoms with Crippen LogP contribution in [-0.2, 0) is 11.2 Å². The highest BCUT2D eigenvalue weighted by Crippen LogP contribution is 2.33. The number of aromatic nitrogens is 1. The molecule has 1 aliphatic heterocycles. The van der Waals surface area contributed by atoms with Gasteiger partial charge in [0.1, 0.15) is 5.75 Å². The highest BCUT2D eigenvalue weighted by molar-refractivity contribution is 6.08. The number of methoxy groups -OCH3 is 1. The van der Waals surface area contributed by atoms with Gasteiger partial charge in [-0.2, -0.15) is 0 Å². The number of piperidine rings is 1. The molecule has 4 N–H and O–H groups in total. The minimum absolute atomic E-state index is 0.0408. The molecule has 1 fully saturated rings. The Morgan fingerprint density at radius 2 is 1.78 bits per heavy atom. The summed E-state index contributed by atoms with van der Waals surface area (Å²) in [7, 11) is 1.61. The average Bonchev–Trinajstić information content (AvgIpc) is 3.06. The smallest absolute Gasteiger partial charge is 0.253 e. The Morgan fingerprint density at radius 1 is 1.00 bits per heavy atom. The van der Waals surface area contributed by atoms with Gasteiger partial charge in [-0.05, 0) is 86.1 Å². The third kappa shape index (κ3) is 8.21. The van der Waals surface area contributed by atoms with E-state index in [1.54, 1.807) is 7.11 Å². The first-order chi connectivity index (χ1) is 22.4. The number of aryl methyl sites for hydroxylation is 1. The van der Waals surface area contributed by atoms with Crippen LogP contribution >= 0.6 is 0 Å². The summed E-state index contributed by atoms with van der Waals surface area (Å²) >= 11 is 0. The largest absolute Gasteiger partial charge is 0.497 e. The maximum atomic E-state index is 13.5. The van der Waals surface area contributed by atoms with Gasteiger partial charge in [-0.1, -0.05) is 37.1 Å². The number of nitrogens with one attached hydrogen (secondary N) is 1. The van der Waals surface area contributed by atoms with Crippen molar-refractivity contribution >= 4 is 34.1 Å². The number of aliphatic hydroxyl groups excluding tert-OH is 1. The summed E-state index contributed by atoms with van der Waals surface area (Å²) in [5, 5.41) is 13.1. The molecule has 5 rings (SSSR count). The number of likely N-dealkylation sites (tertiary alicyclic amines) is 1. The number of anilines is 2. The van der Waals surface area contributed by atoms with E-state index in [9.17, 15) is 9.59 Å². The van der Waals surface area contributed by atoms with Crippen LogP contribution in [0.3, 0.4) is 0 Å². The molecule has 4 aromatic rings. The van der Waals surface area contributed by atoms with Gasteiger partial charge < -0.3 is 30.5 Å². The van der Waals surface area contributed by atoms with Crippen molar-refractivity contribution in [1.82, 2.24) is 9.88 Å². The molecule has 2 heterocycles. The molecule has 0 unspecified atom stereocenters. The van der Waals surface area contributed by atoms with Crippen LogP contribution in [0, 0.1) is 6.92 Å². The van der Waals surface area contributed by atoms with Crippen LogP contribution in [0.15, 0.2) is 66.9 Å². The van der Waals surface area contributed by atoms with Gasteiger partial charge >= 0.3 is 0 Å². The first kappa shape index (κ1) is 32.9. The van der Waals surface area contributed by atoms with Gasteiger partial charge in [0, 0.05) is 55.2 Å². The predicted molar refractivity (Wildman–Crippen MR) is 181 cm³/mol. The van der Waals surface area contributed by atoms with E-state index in [2.05, 4.69) is 16.4 Å². The predicted octanol–water partition coefficient (Wildman–Crippen LogP) is 6.16. The fourth-order valence-corrected chi connectivity index (χ4v) is 6.10. The fourth-order valence-electron chi connectivity index (χ4n) is 6.10. The molecule has 9 heteroatoms. The number of unbranched alkanes of at least 4 members (excludes halogenated alkanes) is 3. The maximum Gasteiger partial charge on any atom is 0.253 e. The Bertz CT molecular complexity index is 1670. The number of primary amides is 1. The molecule has 0 bridgehead atoms. The fraction of sp³-hybridized carbons (Fsp3) is 0.378. The first-order valence-corrected chi connectivity index (χ1v) is 16.1. The van der Waals surface area contributed by atoms with E-state index in [1.165, 1.54) is 6.20 Å². The van der Waals surface area contributed by atoms with Crippen molar-refractivity contribution in [3.8, 4) is 5.75 Å². The van der Waals surface area contributed by atoms with E-state index in [0.29, 0.717) is 42.1 Å². The number of carbonyl (C=O) groups is 2. The number of nitrogens with zero attached hydrogens (tertiary/aromatic N) is 2. The number of carbonyl (C=O) groups excluding carboxylic acids is 2. The molecule has 0 spiro atoms. The molecule has 9 nitrogen and oxygen atoms in total. The van der Waals surface area contributed by atoms with E-state index in [4.69, 9.17) is 20.3 Å². The number of hydrogen-bond acceptors (Lipinski definition) is 7. The lowest BCUT2D eigenvalue weighted by Crippen LogP contribution is -2.41. The number of pyridine rings is 1. The van der Waals surface area contributed by atoms with Crippen LogP contribution in [0.4, 0.5) is 11.4 Å². The molecule has 3 aromatic carbocycles. The number of fused-ring (bicyclic) bond motifs is 1. The Balaban J connectivity index is 1.30. The second-order valence-corrected chi connectivity index (χ2v) is 12.0. The van der Waals surface area contributed by atoms with Crippen LogP contribution in [0.25, 0.3) is 10.9 Å². The van der Waals surface area contributed by atoms with E-state index >= 15 is 0 Å². The second kappa shape index (κ2) is 15.7. The lowest BCUT2D eigenvalue weighted by molar-refractivity contribution is 0.00710.